The molecule has 0 aromatic rings. The average Bonchev–Trinajstić information content (AvgIpc) is 2.91. The maximum atomic E-state index is 3.61. The molecule has 0 aliphatic heterocycles. The Kier molecular flexibility index (Phi) is 4.69. The van der Waals surface area contributed by atoms with E-state index in [2.05, 4.69) is 19.3 Å². The predicted octanol–water partition coefficient (Wildman–Crippen LogP) is 3.98. The van der Waals surface area contributed by atoms with Gasteiger partial charge in [0.2, 0.25) is 0 Å². The van der Waals surface area contributed by atoms with Gasteiger partial charge in [0, 0.05) is 6.04 Å². The van der Waals surface area contributed by atoms with Gasteiger partial charge >= 0.3 is 0 Å². The van der Waals surface area contributed by atoms with E-state index < -0.39 is 0 Å². The van der Waals surface area contributed by atoms with E-state index >= 15 is 0 Å². The summed E-state index contributed by atoms with van der Waals surface area (Å²) >= 11 is 0. The van der Waals surface area contributed by atoms with Crippen LogP contribution in [0, 0.1) is 17.8 Å². The molecule has 2 aliphatic carbocycles. The second-order valence-corrected chi connectivity index (χ2v) is 6.08. The van der Waals surface area contributed by atoms with Crippen molar-refractivity contribution in [2.45, 2.75) is 70.8 Å². The first-order valence-corrected chi connectivity index (χ1v) is 7.52. The van der Waals surface area contributed by atoms with Gasteiger partial charge in [0.05, 0.1) is 0 Å². The Bertz CT molecular complexity index is 202. The zero-order chi connectivity index (χ0) is 11.4. The van der Waals surface area contributed by atoms with Gasteiger partial charge in [0.25, 0.3) is 0 Å². The van der Waals surface area contributed by atoms with Gasteiger partial charge in [0.15, 0.2) is 0 Å². The van der Waals surface area contributed by atoms with Crippen molar-refractivity contribution < 1.29 is 0 Å². The van der Waals surface area contributed by atoms with Crippen molar-refractivity contribution in [2.24, 2.45) is 17.8 Å². The molecule has 2 fully saturated rings. The number of hydrogen-bond donors (Lipinski definition) is 1. The van der Waals surface area contributed by atoms with E-state index in [1.165, 1.54) is 51.4 Å². The second-order valence-electron chi connectivity index (χ2n) is 6.08. The molecule has 0 aromatic carbocycles. The van der Waals surface area contributed by atoms with Gasteiger partial charge in [-0.25, -0.2) is 0 Å². The Balaban J connectivity index is 1.72. The van der Waals surface area contributed by atoms with Crippen molar-refractivity contribution in [1.29, 1.82) is 0 Å². The highest BCUT2D eigenvalue weighted by Gasteiger charge is 2.42. The Morgan fingerprint density at radius 3 is 2.56 bits per heavy atom. The first-order valence-electron chi connectivity index (χ1n) is 7.52. The van der Waals surface area contributed by atoms with Crippen molar-refractivity contribution in [3.8, 4) is 0 Å². The molecule has 1 N–H and O–H groups in total. The average molecular weight is 223 g/mol. The zero-order valence-electron chi connectivity index (χ0n) is 11.2. The highest BCUT2D eigenvalue weighted by Crippen LogP contribution is 2.50. The van der Waals surface area contributed by atoms with E-state index in [1.807, 2.05) is 0 Å². The van der Waals surface area contributed by atoms with Crippen LogP contribution in [0.5, 0.6) is 0 Å². The third-order valence-corrected chi connectivity index (χ3v) is 5.05. The van der Waals surface area contributed by atoms with Crippen LogP contribution in [-0.4, -0.2) is 13.1 Å². The molecule has 0 amide bonds. The van der Waals surface area contributed by atoms with E-state index in [-0.39, 0.29) is 0 Å². The Morgan fingerprint density at radius 2 is 2.00 bits per heavy atom. The number of fused-ring (bicyclic) bond motifs is 2. The fourth-order valence-electron chi connectivity index (χ4n) is 4.15. The Hall–Kier alpha value is -0.0400. The number of rotatable bonds is 7. The van der Waals surface area contributed by atoms with Crippen LogP contribution in [-0.2, 0) is 0 Å². The largest absolute Gasteiger partial charge is 0.317 e. The van der Waals surface area contributed by atoms with Gasteiger partial charge in [-0.3, -0.25) is 0 Å². The zero-order valence-corrected chi connectivity index (χ0v) is 11.2. The molecule has 2 saturated carbocycles. The van der Waals surface area contributed by atoms with Crippen LogP contribution in [0.1, 0.15) is 64.7 Å². The second kappa shape index (κ2) is 6.05. The van der Waals surface area contributed by atoms with Crippen LogP contribution in [0.2, 0.25) is 0 Å². The van der Waals surface area contributed by atoms with Crippen molar-refractivity contribution in [3.05, 3.63) is 0 Å². The number of unbranched alkanes of at least 4 members (excludes halogenated alkanes) is 3. The van der Waals surface area contributed by atoms with Gasteiger partial charge < -0.3 is 5.32 Å². The summed E-state index contributed by atoms with van der Waals surface area (Å²) in [5.74, 6) is 3.19. The van der Waals surface area contributed by atoms with Crippen molar-refractivity contribution in [2.75, 3.05) is 7.05 Å². The quantitative estimate of drug-likeness (QED) is 0.644. The van der Waals surface area contributed by atoms with Gasteiger partial charge in [-0.15, -0.1) is 0 Å². The maximum Gasteiger partial charge on any atom is 0.00950 e. The summed E-state index contributed by atoms with van der Waals surface area (Å²) in [5.41, 5.74) is 0. The topological polar surface area (TPSA) is 12.0 Å². The van der Waals surface area contributed by atoms with E-state index in [0.29, 0.717) is 0 Å². The van der Waals surface area contributed by atoms with Gasteiger partial charge in [-0.05, 0) is 50.5 Å². The fourth-order valence-corrected chi connectivity index (χ4v) is 4.15. The lowest BCUT2D eigenvalue weighted by molar-refractivity contribution is 0.243. The first kappa shape index (κ1) is 12.4. The van der Waals surface area contributed by atoms with Crippen LogP contribution < -0.4 is 5.32 Å². The minimum atomic E-state index is 0.826. The summed E-state index contributed by atoms with van der Waals surface area (Å²) in [6.45, 7) is 2.30. The molecule has 1 heteroatoms. The molecule has 0 aromatic heterocycles. The van der Waals surface area contributed by atoms with Crippen LogP contribution in [0.15, 0.2) is 0 Å². The van der Waals surface area contributed by atoms with E-state index in [0.717, 1.165) is 23.8 Å². The summed E-state index contributed by atoms with van der Waals surface area (Å²) in [7, 11) is 2.18. The van der Waals surface area contributed by atoms with Gasteiger partial charge in [-0.1, -0.05) is 39.0 Å². The predicted molar refractivity (Wildman–Crippen MR) is 70.5 cm³/mol. The van der Waals surface area contributed by atoms with E-state index in [4.69, 9.17) is 0 Å². The lowest BCUT2D eigenvalue weighted by Crippen LogP contribution is -2.36. The Labute approximate surface area is 101 Å². The standard InChI is InChI=1S/C15H29N/c1-3-4-5-6-7-15(16-2)14-11-12-8-9-13(14)10-12/h12-16H,3-11H2,1-2H3. The highest BCUT2D eigenvalue weighted by atomic mass is 14.9. The third-order valence-electron chi connectivity index (χ3n) is 5.05. The lowest BCUT2D eigenvalue weighted by atomic mass is 9.81. The molecular formula is C15H29N. The number of hydrogen-bond acceptors (Lipinski definition) is 1. The normalized spacial score (nSPS) is 34.5. The molecule has 0 spiro atoms. The van der Waals surface area contributed by atoms with Crippen molar-refractivity contribution in [3.63, 3.8) is 0 Å². The summed E-state index contributed by atoms with van der Waals surface area (Å²) in [6, 6.07) is 0.826. The van der Waals surface area contributed by atoms with Gasteiger partial charge in [-0.2, -0.15) is 0 Å². The molecule has 1 nitrogen and oxygen atoms in total. The minimum Gasteiger partial charge on any atom is -0.317 e. The summed E-state index contributed by atoms with van der Waals surface area (Å²) in [6.07, 6.45) is 13.2. The molecule has 0 radical (unpaired) electrons. The first-order chi connectivity index (χ1) is 7.85. The highest BCUT2D eigenvalue weighted by molar-refractivity contribution is 4.94. The molecular weight excluding hydrogens is 194 g/mol. The van der Waals surface area contributed by atoms with Crippen LogP contribution in [0.4, 0.5) is 0 Å². The molecule has 4 unspecified atom stereocenters. The molecule has 2 bridgehead atoms. The van der Waals surface area contributed by atoms with E-state index in [9.17, 15) is 0 Å². The maximum absolute atomic E-state index is 3.61. The van der Waals surface area contributed by atoms with Crippen LogP contribution >= 0.6 is 0 Å². The molecule has 0 heterocycles. The third kappa shape index (κ3) is 2.80. The summed E-state index contributed by atoms with van der Waals surface area (Å²) in [5, 5.41) is 3.61. The molecule has 16 heavy (non-hydrogen) atoms. The molecule has 4 atom stereocenters. The molecule has 0 saturated heterocycles. The van der Waals surface area contributed by atoms with Crippen molar-refractivity contribution in [1.82, 2.24) is 5.32 Å². The Morgan fingerprint density at radius 1 is 1.12 bits per heavy atom. The molecule has 94 valence electrons. The van der Waals surface area contributed by atoms with Gasteiger partial charge in [0.1, 0.15) is 0 Å². The summed E-state index contributed by atoms with van der Waals surface area (Å²) < 4.78 is 0. The lowest BCUT2D eigenvalue weighted by Gasteiger charge is -2.30. The SMILES string of the molecule is CCCCCCC(NC)C1CC2CCC1C2. The van der Waals surface area contributed by atoms with Crippen LogP contribution in [0.25, 0.3) is 0 Å². The smallest absolute Gasteiger partial charge is 0.00950 e. The molecule has 2 rings (SSSR count). The summed E-state index contributed by atoms with van der Waals surface area (Å²) in [4.78, 5) is 0. The van der Waals surface area contributed by atoms with E-state index in [1.54, 1.807) is 6.42 Å². The fraction of sp³-hybridized carbons (Fsp3) is 1.00. The van der Waals surface area contributed by atoms with Crippen LogP contribution in [0.3, 0.4) is 0 Å². The van der Waals surface area contributed by atoms with Crippen molar-refractivity contribution >= 4 is 0 Å². The number of nitrogens with one attached hydrogen (secondary N) is 1. The monoisotopic (exact) mass is 223 g/mol. The minimum absolute atomic E-state index is 0.826. The molecule has 2 aliphatic rings.